The Morgan fingerprint density at radius 2 is 1.65 bits per heavy atom. The highest BCUT2D eigenvalue weighted by Gasteiger charge is 2.10. The van der Waals surface area contributed by atoms with Crippen LogP contribution in [0.15, 0.2) is 48.5 Å². The summed E-state index contributed by atoms with van der Waals surface area (Å²) < 4.78 is 0. The van der Waals surface area contributed by atoms with Gasteiger partial charge in [-0.3, -0.25) is 9.59 Å². The number of aromatic hydroxyl groups is 1. The van der Waals surface area contributed by atoms with Gasteiger partial charge < -0.3 is 15.7 Å². The molecule has 120 valence electrons. The highest BCUT2D eigenvalue weighted by Crippen LogP contribution is 2.12. The Bertz CT molecular complexity index is 678. The number of carbonyl (C=O) groups is 2. The van der Waals surface area contributed by atoms with Gasteiger partial charge in [0.2, 0.25) is 5.91 Å². The molecular formula is C18H20N2O3. The lowest BCUT2D eigenvalue weighted by Crippen LogP contribution is -2.34. The number of phenols is 1. The van der Waals surface area contributed by atoms with E-state index in [4.69, 9.17) is 0 Å². The molecular weight excluding hydrogens is 292 g/mol. The van der Waals surface area contributed by atoms with Gasteiger partial charge in [-0.05, 0) is 55.3 Å². The number of rotatable bonds is 5. The van der Waals surface area contributed by atoms with Gasteiger partial charge in [0.25, 0.3) is 5.91 Å². The van der Waals surface area contributed by atoms with Crippen LogP contribution in [-0.2, 0) is 11.2 Å². The third kappa shape index (κ3) is 5.14. The summed E-state index contributed by atoms with van der Waals surface area (Å²) in [6.45, 7) is 3.36. The summed E-state index contributed by atoms with van der Waals surface area (Å²) in [6, 6.07) is 13.6. The normalized spacial score (nSPS) is 11.6. The maximum absolute atomic E-state index is 12.2. The first-order chi connectivity index (χ1) is 10.9. The van der Waals surface area contributed by atoms with Crippen LogP contribution in [0.4, 0.5) is 5.69 Å². The topological polar surface area (TPSA) is 78.4 Å². The molecule has 0 heterocycles. The molecule has 5 heteroatoms. The molecule has 0 aliphatic carbocycles. The van der Waals surface area contributed by atoms with Crippen molar-refractivity contribution in [3.05, 3.63) is 59.7 Å². The Morgan fingerprint density at radius 3 is 2.22 bits per heavy atom. The number of carbonyl (C=O) groups excluding carboxylic acids is 2. The molecule has 2 rings (SSSR count). The second kappa shape index (κ2) is 7.45. The van der Waals surface area contributed by atoms with Crippen molar-refractivity contribution in [2.24, 2.45) is 0 Å². The van der Waals surface area contributed by atoms with Crippen LogP contribution in [0, 0.1) is 0 Å². The Labute approximate surface area is 135 Å². The fraction of sp³-hybridized carbons (Fsp3) is 0.222. The monoisotopic (exact) mass is 312 g/mol. The fourth-order valence-corrected chi connectivity index (χ4v) is 2.25. The second-order valence-corrected chi connectivity index (χ2v) is 5.50. The molecule has 5 nitrogen and oxygen atoms in total. The minimum Gasteiger partial charge on any atom is -0.508 e. The quantitative estimate of drug-likeness (QED) is 0.794. The molecule has 0 saturated heterocycles. The van der Waals surface area contributed by atoms with Crippen LogP contribution in [-0.4, -0.2) is 23.0 Å². The van der Waals surface area contributed by atoms with Gasteiger partial charge in [0, 0.05) is 24.2 Å². The van der Waals surface area contributed by atoms with Gasteiger partial charge >= 0.3 is 0 Å². The van der Waals surface area contributed by atoms with Crippen LogP contribution in [0.2, 0.25) is 0 Å². The van der Waals surface area contributed by atoms with Crippen molar-refractivity contribution in [3.63, 3.8) is 0 Å². The van der Waals surface area contributed by atoms with Crippen LogP contribution in [0.1, 0.15) is 29.8 Å². The highest BCUT2D eigenvalue weighted by atomic mass is 16.3. The summed E-state index contributed by atoms with van der Waals surface area (Å²) in [5, 5.41) is 14.9. The SMILES string of the molecule is CC(=O)Nc1ccc(C(=O)NC(C)Cc2ccc(O)cc2)cc1. The zero-order chi connectivity index (χ0) is 16.8. The molecule has 0 bridgehead atoms. The van der Waals surface area contributed by atoms with Crippen molar-refractivity contribution in [1.29, 1.82) is 0 Å². The van der Waals surface area contributed by atoms with E-state index in [2.05, 4.69) is 10.6 Å². The van der Waals surface area contributed by atoms with Crippen molar-refractivity contribution in [3.8, 4) is 5.75 Å². The Morgan fingerprint density at radius 1 is 1.04 bits per heavy atom. The number of anilines is 1. The van der Waals surface area contributed by atoms with Crippen LogP contribution < -0.4 is 10.6 Å². The first-order valence-corrected chi connectivity index (χ1v) is 7.40. The van der Waals surface area contributed by atoms with Crippen LogP contribution in [0.3, 0.4) is 0 Å². The number of hydrogen-bond acceptors (Lipinski definition) is 3. The molecule has 3 N–H and O–H groups in total. The van der Waals surface area contributed by atoms with Crippen molar-refractivity contribution >= 4 is 17.5 Å². The van der Waals surface area contributed by atoms with Gasteiger partial charge in [0.1, 0.15) is 5.75 Å². The smallest absolute Gasteiger partial charge is 0.251 e. The van der Waals surface area contributed by atoms with Crippen molar-refractivity contribution in [2.75, 3.05) is 5.32 Å². The third-order valence-electron chi connectivity index (χ3n) is 3.32. The largest absolute Gasteiger partial charge is 0.508 e. The molecule has 2 aromatic rings. The van der Waals surface area contributed by atoms with E-state index in [-0.39, 0.29) is 23.6 Å². The molecule has 0 saturated carbocycles. The fourth-order valence-electron chi connectivity index (χ4n) is 2.25. The summed E-state index contributed by atoms with van der Waals surface area (Å²) >= 11 is 0. The van der Waals surface area contributed by atoms with Gasteiger partial charge in [-0.2, -0.15) is 0 Å². The minimum absolute atomic E-state index is 0.0398. The van der Waals surface area contributed by atoms with Gasteiger partial charge in [-0.15, -0.1) is 0 Å². The van der Waals surface area contributed by atoms with Crippen LogP contribution in [0.5, 0.6) is 5.75 Å². The van der Waals surface area contributed by atoms with Gasteiger partial charge in [0.15, 0.2) is 0 Å². The Balaban J connectivity index is 1.92. The Kier molecular flexibility index (Phi) is 5.36. The summed E-state index contributed by atoms with van der Waals surface area (Å²) in [5.41, 5.74) is 2.24. The summed E-state index contributed by atoms with van der Waals surface area (Å²) in [5.74, 6) is -0.0833. The van der Waals surface area contributed by atoms with Crippen molar-refractivity contribution in [2.45, 2.75) is 26.3 Å². The second-order valence-electron chi connectivity index (χ2n) is 5.50. The van der Waals surface area contributed by atoms with Crippen LogP contribution >= 0.6 is 0 Å². The van der Waals surface area contributed by atoms with E-state index < -0.39 is 0 Å². The lowest BCUT2D eigenvalue weighted by Gasteiger charge is -2.14. The maximum atomic E-state index is 12.2. The number of amides is 2. The predicted octanol–water partition coefficient (Wildman–Crippen LogP) is 2.71. The molecule has 1 atom stereocenters. The number of phenolic OH excluding ortho intramolecular Hbond substituents is 1. The van der Waals surface area contributed by atoms with Crippen molar-refractivity contribution < 1.29 is 14.7 Å². The number of nitrogens with one attached hydrogen (secondary N) is 2. The number of benzene rings is 2. The third-order valence-corrected chi connectivity index (χ3v) is 3.32. The zero-order valence-electron chi connectivity index (χ0n) is 13.2. The van der Waals surface area contributed by atoms with Crippen molar-refractivity contribution in [1.82, 2.24) is 5.32 Å². The van der Waals surface area contributed by atoms with E-state index in [9.17, 15) is 14.7 Å². The molecule has 0 aliphatic heterocycles. The van der Waals surface area contributed by atoms with Crippen LogP contribution in [0.25, 0.3) is 0 Å². The molecule has 2 aromatic carbocycles. The van der Waals surface area contributed by atoms with E-state index in [1.54, 1.807) is 36.4 Å². The summed E-state index contributed by atoms with van der Waals surface area (Å²) in [4.78, 5) is 23.2. The molecule has 0 aromatic heterocycles. The van der Waals surface area contributed by atoms with E-state index in [0.717, 1.165) is 5.56 Å². The standard InChI is InChI=1S/C18H20N2O3/c1-12(11-14-3-9-17(22)10-4-14)19-18(23)15-5-7-16(8-6-15)20-13(2)21/h3-10,12,22H,11H2,1-2H3,(H,19,23)(H,20,21). The summed E-state index contributed by atoms with van der Waals surface area (Å²) in [6.07, 6.45) is 0.677. The summed E-state index contributed by atoms with van der Waals surface area (Å²) in [7, 11) is 0. The van der Waals surface area contributed by atoms with Gasteiger partial charge in [-0.1, -0.05) is 12.1 Å². The first-order valence-electron chi connectivity index (χ1n) is 7.40. The number of hydrogen-bond donors (Lipinski definition) is 3. The van der Waals surface area contributed by atoms with Gasteiger partial charge in [-0.25, -0.2) is 0 Å². The minimum atomic E-state index is -0.161. The predicted molar refractivity (Wildman–Crippen MR) is 89.5 cm³/mol. The zero-order valence-corrected chi connectivity index (χ0v) is 13.2. The average Bonchev–Trinajstić information content (AvgIpc) is 2.49. The molecule has 1 unspecified atom stereocenters. The average molecular weight is 312 g/mol. The molecule has 0 radical (unpaired) electrons. The first kappa shape index (κ1) is 16.5. The molecule has 0 aliphatic rings. The van der Waals surface area contributed by atoms with E-state index in [0.29, 0.717) is 17.7 Å². The van der Waals surface area contributed by atoms with Gasteiger partial charge in [0.05, 0.1) is 0 Å². The van der Waals surface area contributed by atoms with E-state index >= 15 is 0 Å². The van der Waals surface area contributed by atoms with E-state index in [1.807, 2.05) is 19.1 Å². The Hall–Kier alpha value is -2.82. The molecule has 0 spiro atoms. The molecule has 0 fully saturated rings. The molecule has 23 heavy (non-hydrogen) atoms. The molecule has 2 amide bonds. The lowest BCUT2D eigenvalue weighted by molar-refractivity contribution is -0.114. The maximum Gasteiger partial charge on any atom is 0.251 e. The van der Waals surface area contributed by atoms with E-state index in [1.165, 1.54) is 6.92 Å². The lowest BCUT2D eigenvalue weighted by atomic mass is 10.1. The highest BCUT2D eigenvalue weighted by molar-refractivity contribution is 5.95.